The van der Waals surface area contributed by atoms with E-state index in [1.54, 1.807) is 0 Å². The summed E-state index contributed by atoms with van der Waals surface area (Å²) in [5.74, 6) is 2.40. The van der Waals surface area contributed by atoms with Crippen LogP contribution in [0.5, 0.6) is 0 Å². The van der Waals surface area contributed by atoms with Crippen LogP contribution in [-0.2, 0) is 4.74 Å². The third kappa shape index (κ3) is 4.17. The first-order valence-electron chi connectivity index (χ1n) is 10.6. The van der Waals surface area contributed by atoms with E-state index in [2.05, 4.69) is 30.6 Å². The molecule has 0 unspecified atom stereocenters. The summed E-state index contributed by atoms with van der Waals surface area (Å²) in [6.45, 7) is 3.21. The van der Waals surface area contributed by atoms with Gasteiger partial charge in [0.1, 0.15) is 11.6 Å². The van der Waals surface area contributed by atoms with E-state index in [1.165, 1.54) is 0 Å². The van der Waals surface area contributed by atoms with Crippen molar-refractivity contribution in [2.45, 2.75) is 37.8 Å². The fraction of sp³-hybridized carbons (Fsp3) is 0.476. The summed E-state index contributed by atoms with van der Waals surface area (Å²) in [7, 11) is 0. The summed E-state index contributed by atoms with van der Waals surface area (Å²) in [5, 5.41) is 21.2. The van der Waals surface area contributed by atoms with Gasteiger partial charge in [-0.1, -0.05) is 6.07 Å². The van der Waals surface area contributed by atoms with Crippen LogP contribution in [0.3, 0.4) is 0 Å². The Morgan fingerprint density at radius 3 is 2.63 bits per heavy atom. The van der Waals surface area contributed by atoms with Gasteiger partial charge in [0.05, 0.1) is 31.2 Å². The molecular formula is C21H27N7O2. The van der Waals surface area contributed by atoms with E-state index in [-0.39, 0.29) is 6.10 Å². The molecule has 30 heavy (non-hydrogen) atoms. The molecule has 5 rings (SSSR count). The SMILES string of the molecule is O[C@H]1CC[C@@H](Nc2cccc3nc(Nc4ccc(N5CCOCC5)nc4)nn23)CC1. The molecule has 1 aliphatic heterocycles. The molecule has 0 amide bonds. The van der Waals surface area contributed by atoms with Crippen LogP contribution < -0.4 is 15.5 Å². The number of nitrogens with one attached hydrogen (secondary N) is 2. The van der Waals surface area contributed by atoms with Gasteiger partial charge in [-0.05, 0) is 49.9 Å². The highest BCUT2D eigenvalue weighted by Gasteiger charge is 2.20. The average Bonchev–Trinajstić information content (AvgIpc) is 3.20. The molecule has 9 heteroatoms. The Morgan fingerprint density at radius 1 is 1.03 bits per heavy atom. The maximum absolute atomic E-state index is 9.72. The molecule has 0 aromatic carbocycles. The summed E-state index contributed by atoms with van der Waals surface area (Å²) in [5.41, 5.74) is 1.62. The summed E-state index contributed by atoms with van der Waals surface area (Å²) in [6, 6.07) is 10.3. The first-order chi connectivity index (χ1) is 14.7. The lowest BCUT2D eigenvalue weighted by atomic mass is 9.93. The van der Waals surface area contributed by atoms with Crippen LogP contribution in [0.2, 0.25) is 0 Å². The Kier molecular flexibility index (Phi) is 5.37. The molecule has 0 radical (unpaired) electrons. The molecule has 1 saturated carbocycles. The number of hydrogen-bond donors (Lipinski definition) is 3. The highest BCUT2D eigenvalue weighted by Crippen LogP contribution is 2.23. The van der Waals surface area contributed by atoms with Crippen molar-refractivity contribution >= 4 is 28.9 Å². The predicted octanol–water partition coefficient (Wildman–Crippen LogP) is 2.42. The summed E-state index contributed by atoms with van der Waals surface area (Å²) in [6.07, 6.45) is 5.24. The van der Waals surface area contributed by atoms with Crippen molar-refractivity contribution in [2.24, 2.45) is 0 Å². The summed E-state index contributed by atoms with van der Waals surface area (Å²) >= 11 is 0. The van der Waals surface area contributed by atoms with Gasteiger partial charge in [0, 0.05) is 19.1 Å². The molecule has 0 spiro atoms. The van der Waals surface area contributed by atoms with Crippen molar-refractivity contribution in [3.05, 3.63) is 36.5 Å². The van der Waals surface area contributed by atoms with Gasteiger partial charge < -0.3 is 25.4 Å². The Labute approximate surface area is 175 Å². The molecule has 9 nitrogen and oxygen atoms in total. The van der Waals surface area contributed by atoms with Crippen molar-refractivity contribution in [3.8, 4) is 0 Å². The average molecular weight is 409 g/mol. The van der Waals surface area contributed by atoms with Gasteiger partial charge >= 0.3 is 0 Å². The number of ether oxygens (including phenoxy) is 1. The molecule has 0 atom stereocenters. The lowest BCUT2D eigenvalue weighted by Gasteiger charge is -2.27. The molecule has 2 aliphatic rings. The normalized spacial score (nSPS) is 22.2. The van der Waals surface area contributed by atoms with E-state index in [4.69, 9.17) is 4.74 Å². The molecular weight excluding hydrogens is 382 g/mol. The standard InChI is InChI=1S/C21H27N7O2/c29-17-7-4-15(5-8-17)23-19-2-1-3-20-25-21(26-28(19)20)24-16-6-9-18(22-14-16)27-10-12-30-13-11-27/h1-3,6,9,14-15,17,23,29H,4-5,7-8,10-13H2,(H,24,26)/t15-,17+. The van der Waals surface area contributed by atoms with Crippen LogP contribution >= 0.6 is 0 Å². The summed E-state index contributed by atoms with van der Waals surface area (Å²) < 4.78 is 7.22. The Balaban J connectivity index is 1.29. The van der Waals surface area contributed by atoms with E-state index in [0.717, 1.165) is 75.0 Å². The molecule has 3 aromatic heterocycles. The summed E-state index contributed by atoms with van der Waals surface area (Å²) in [4.78, 5) is 11.4. The molecule has 3 N–H and O–H groups in total. The third-order valence-corrected chi connectivity index (χ3v) is 5.75. The van der Waals surface area contributed by atoms with E-state index >= 15 is 0 Å². The topological polar surface area (TPSA) is 99.8 Å². The van der Waals surface area contributed by atoms with Gasteiger partial charge in [-0.15, -0.1) is 5.10 Å². The van der Waals surface area contributed by atoms with E-state index in [1.807, 2.05) is 41.0 Å². The van der Waals surface area contributed by atoms with Gasteiger partial charge in [-0.2, -0.15) is 9.50 Å². The highest BCUT2D eigenvalue weighted by atomic mass is 16.5. The van der Waals surface area contributed by atoms with Crippen LogP contribution in [0.4, 0.5) is 23.3 Å². The monoisotopic (exact) mass is 409 g/mol. The Bertz CT molecular complexity index is 977. The molecule has 2 fully saturated rings. The number of aliphatic hydroxyl groups is 1. The largest absolute Gasteiger partial charge is 0.393 e. The van der Waals surface area contributed by atoms with Crippen molar-refractivity contribution in [1.82, 2.24) is 19.6 Å². The minimum Gasteiger partial charge on any atom is -0.393 e. The smallest absolute Gasteiger partial charge is 0.247 e. The Hall–Kier alpha value is -2.91. The van der Waals surface area contributed by atoms with Crippen molar-refractivity contribution in [1.29, 1.82) is 0 Å². The number of morpholine rings is 1. The number of nitrogens with zero attached hydrogens (tertiary/aromatic N) is 5. The van der Waals surface area contributed by atoms with Crippen LogP contribution in [0, 0.1) is 0 Å². The quantitative estimate of drug-likeness (QED) is 0.591. The van der Waals surface area contributed by atoms with Crippen LogP contribution in [-0.4, -0.2) is 63.1 Å². The second kappa shape index (κ2) is 8.45. The lowest BCUT2D eigenvalue weighted by molar-refractivity contribution is 0.122. The molecule has 0 bridgehead atoms. The number of anilines is 4. The first kappa shape index (κ1) is 19.1. The zero-order chi connectivity index (χ0) is 20.3. The first-order valence-corrected chi connectivity index (χ1v) is 10.6. The van der Waals surface area contributed by atoms with Crippen molar-refractivity contribution < 1.29 is 9.84 Å². The molecule has 158 valence electrons. The number of fused-ring (bicyclic) bond motifs is 1. The minimum absolute atomic E-state index is 0.163. The number of hydrogen-bond acceptors (Lipinski definition) is 8. The second-order valence-corrected chi connectivity index (χ2v) is 7.90. The number of pyridine rings is 2. The van der Waals surface area contributed by atoms with Gasteiger partial charge in [0.15, 0.2) is 5.65 Å². The number of aliphatic hydroxyl groups excluding tert-OH is 1. The number of aromatic nitrogens is 4. The minimum atomic E-state index is -0.163. The van der Waals surface area contributed by atoms with E-state index in [0.29, 0.717) is 12.0 Å². The van der Waals surface area contributed by atoms with Gasteiger partial charge in [-0.25, -0.2) is 4.98 Å². The Morgan fingerprint density at radius 2 is 1.87 bits per heavy atom. The van der Waals surface area contributed by atoms with Crippen molar-refractivity contribution in [2.75, 3.05) is 41.8 Å². The van der Waals surface area contributed by atoms with E-state index < -0.39 is 0 Å². The molecule has 4 heterocycles. The maximum Gasteiger partial charge on any atom is 0.247 e. The van der Waals surface area contributed by atoms with Crippen LogP contribution in [0.15, 0.2) is 36.5 Å². The number of rotatable bonds is 5. The van der Waals surface area contributed by atoms with Crippen LogP contribution in [0.1, 0.15) is 25.7 Å². The fourth-order valence-corrected chi connectivity index (χ4v) is 4.07. The zero-order valence-corrected chi connectivity index (χ0v) is 16.9. The van der Waals surface area contributed by atoms with Crippen LogP contribution in [0.25, 0.3) is 5.65 Å². The van der Waals surface area contributed by atoms with Gasteiger partial charge in [-0.3, -0.25) is 0 Å². The lowest BCUT2D eigenvalue weighted by Crippen LogP contribution is -2.36. The zero-order valence-electron chi connectivity index (χ0n) is 16.9. The van der Waals surface area contributed by atoms with Crippen molar-refractivity contribution in [3.63, 3.8) is 0 Å². The van der Waals surface area contributed by atoms with Gasteiger partial charge in [0.25, 0.3) is 0 Å². The van der Waals surface area contributed by atoms with Gasteiger partial charge in [0.2, 0.25) is 5.95 Å². The predicted molar refractivity (Wildman–Crippen MR) is 115 cm³/mol. The molecule has 1 saturated heterocycles. The second-order valence-electron chi connectivity index (χ2n) is 7.90. The third-order valence-electron chi connectivity index (χ3n) is 5.75. The maximum atomic E-state index is 9.72. The van der Waals surface area contributed by atoms with E-state index in [9.17, 15) is 5.11 Å². The fourth-order valence-electron chi connectivity index (χ4n) is 4.07. The highest BCUT2D eigenvalue weighted by molar-refractivity contribution is 5.59. The molecule has 3 aromatic rings. The molecule has 1 aliphatic carbocycles.